The van der Waals surface area contributed by atoms with E-state index >= 15 is 0 Å². The molecule has 1 aromatic rings. The van der Waals surface area contributed by atoms with Crippen molar-refractivity contribution in [3.63, 3.8) is 0 Å². The van der Waals surface area contributed by atoms with Crippen LogP contribution in [0.4, 0.5) is 0 Å². The first kappa shape index (κ1) is 13.5. The molecule has 0 radical (unpaired) electrons. The highest BCUT2D eigenvalue weighted by Gasteiger charge is 2.18. The zero-order valence-electron chi connectivity index (χ0n) is 10.7. The summed E-state index contributed by atoms with van der Waals surface area (Å²) in [5, 5.41) is 3.01. The van der Waals surface area contributed by atoms with Gasteiger partial charge in [-0.25, -0.2) is 4.98 Å². The van der Waals surface area contributed by atoms with Gasteiger partial charge in [-0.1, -0.05) is 19.8 Å². The molecular weight excluding hydrogens is 292 g/mol. The topological polar surface area (TPSA) is 42.0 Å². The van der Waals surface area contributed by atoms with Crippen LogP contribution in [0.5, 0.6) is 0 Å². The van der Waals surface area contributed by atoms with E-state index in [1.54, 1.807) is 18.3 Å². The van der Waals surface area contributed by atoms with Crippen LogP contribution >= 0.6 is 15.9 Å². The molecule has 1 aliphatic rings. The number of hydrogen-bond acceptors (Lipinski definition) is 2. The Balaban J connectivity index is 1.79. The van der Waals surface area contributed by atoms with Crippen molar-refractivity contribution in [3.05, 3.63) is 28.5 Å². The van der Waals surface area contributed by atoms with Gasteiger partial charge in [0.15, 0.2) is 0 Å². The summed E-state index contributed by atoms with van der Waals surface area (Å²) in [6, 6.07) is 3.58. The monoisotopic (exact) mass is 310 g/mol. The third-order valence-electron chi connectivity index (χ3n) is 3.68. The van der Waals surface area contributed by atoms with E-state index in [0.717, 1.165) is 17.1 Å². The molecule has 2 rings (SSSR count). The molecule has 1 saturated carbocycles. The molecule has 18 heavy (non-hydrogen) atoms. The van der Waals surface area contributed by atoms with Gasteiger partial charge in [0.05, 0.1) is 5.56 Å². The summed E-state index contributed by atoms with van der Waals surface area (Å²) in [5.74, 6) is 1.48. The maximum atomic E-state index is 11.9. The predicted octanol–water partition coefficient (Wildman–Crippen LogP) is 3.40. The summed E-state index contributed by atoms with van der Waals surface area (Å²) < 4.78 is 0.750. The third kappa shape index (κ3) is 3.80. The van der Waals surface area contributed by atoms with E-state index in [1.165, 1.54) is 25.7 Å². The quantitative estimate of drug-likeness (QED) is 0.869. The number of rotatable bonds is 3. The van der Waals surface area contributed by atoms with Crippen molar-refractivity contribution >= 4 is 21.8 Å². The van der Waals surface area contributed by atoms with Crippen LogP contribution in [0.15, 0.2) is 22.9 Å². The highest BCUT2D eigenvalue weighted by Crippen LogP contribution is 2.27. The van der Waals surface area contributed by atoms with Crippen molar-refractivity contribution in [2.24, 2.45) is 11.8 Å². The first-order valence-corrected chi connectivity index (χ1v) is 7.34. The van der Waals surface area contributed by atoms with Gasteiger partial charge in [0.1, 0.15) is 4.60 Å². The molecule has 0 aliphatic heterocycles. The highest BCUT2D eigenvalue weighted by molar-refractivity contribution is 9.10. The minimum atomic E-state index is -0.0198. The predicted molar refractivity (Wildman–Crippen MR) is 75.4 cm³/mol. The van der Waals surface area contributed by atoms with Crippen LogP contribution in [0.1, 0.15) is 43.0 Å². The molecule has 1 N–H and O–H groups in total. The average Bonchev–Trinajstić information content (AvgIpc) is 2.38. The molecule has 1 aliphatic carbocycles. The van der Waals surface area contributed by atoms with Crippen molar-refractivity contribution in [1.82, 2.24) is 10.3 Å². The lowest BCUT2D eigenvalue weighted by Crippen LogP contribution is -2.31. The molecule has 3 nitrogen and oxygen atoms in total. The van der Waals surface area contributed by atoms with Gasteiger partial charge in [-0.3, -0.25) is 4.79 Å². The van der Waals surface area contributed by atoms with Crippen LogP contribution in [0.25, 0.3) is 0 Å². The fourth-order valence-electron chi connectivity index (χ4n) is 2.38. The minimum Gasteiger partial charge on any atom is -0.352 e. The van der Waals surface area contributed by atoms with E-state index in [4.69, 9.17) is 0 Å². The molecule has 0 atom stereocenters. The van der Waals surface area contributed by atoms with Crippen molar-refractivity contribution in [1.29, 1.82) is 0 Å². The van der Waals surface area contributed by atoms with Crippen molar-refractivity contribution in [3.8, 4) is 0 Å². The summed E-state index contributed by atoms with van der Waals surface area (Å²) >= 11 is 3.26. The van der Waals surface area contributed by atoms with Gasteiger partial charge >= 0.3 is 0 Å². The zero-order valence-corrected chi connectivity index (χ0v) is 12.2. The maximum absolute atomic E-state index is 11.9. The van der Waals surface area contributed by atoms with E-state index in [1.807, 2.05) is 0 Å². The average molecular weight is 311 g/mol. The molecule has 1 fully saturated rings. The Morgan fingerprint density at radius 3 is 2.72 bits per heavy atom. The number of carbonyl (C=O) groups excluding carboxylic acids is 1. The summed E-state index contributed by atoms with van der Waals surface area (Å²) in [7, 11) is 0. The number of aromatic nitrogens is 1. The Hall–Kier alpha value is -0.900. The largest absolute Gasteiger partial charge is 0.352 e. The summed E-state index contributed by atoms with van der Waals surface area (Å²) in [6.07, 6.45) is 6.66. The van der Waals surface area contributed by atoms with Gasteiger partial charge in [-0.15, -0.1) is 0 Å². The molecule has 98 valence electrons. The zero-order chi connectivity index (χ0) is 13.0. The molecule has 0 aromatic carbocycles. The Labute approximate surface area is 117 Å². The fraction of sp³-hybridized carbons (Fsp3) is 0.571. The first-order valence-electron chi connectivity index (χ1n) is 6.55. The molecule has 1 aromatic heterocycles. The normalized spacial score (nSPS) is 23.7. The molecule has 0 spiro atoms. The van der Waals surface area contributed by atoms with E-state index < -0.39 is 0 Å². The Morgan fingerprint density at radius 2 is 2.11 bits per heavy atom. The second kappa shape index (κ2) is 6.32. The Morgan fingerprint density at radius 1 is 1.39 bits per heavy atom. The van der Waals surface area contributed by atoms with E-state index in [2.05, 4.69) is 33.2 Å². The lowest BCUT2D eigenvalue weighted by Gasteiger charge is -2.26. The van der Waals surface area contributed by atoms with Crippen LogP contribution in [0.2, 0.25) is 0 Å². The van der Waals surface area contributed by atoms with Crippen LogP contribution < -0.4 is 5.32 Å². The lowest BCUT2D eigenvalue weighted by molar-refractivity contribution is 0.0941. The summed E-state index contributed by atoms with van der Waals surface area (Å²) in [5.41, 5.74) is 0.627. The van der Waals surface area contributed by atoms with Crippen molar-refractivity contribution in [2.75, 3.05) is 6.54 Å². The minimum absolute atomic E-state index is 0.0198. The number of carbonyl (C=O) groups is 1. The van der Waals surface area contributed by atoms with Gasteiger partial charge in [-0.2, -0.15) is 0 Å². The van der Waals surface area contributed by atoms with Crippen LogP contribution in [-0.4, -0.2) is 17.4 Å². The second-order valence-corrected chi connectivity index (χ2v) is 6.02. The van der Waals surface area contributed by atoms with E-state index in [0.29, 0.717) is 11.5 Å². The Bertz CT molecular complexity index is 397. The molecule has 1 amide bonds. The molecule has 0 unspecified atom stereocenters. The molecular formula is C14H19BrN2O. The lowest BCUT2D eigenvalue weighted by atomic mass is 9.83. The standard InChI is InChI=1S/C14H19BrN2O/c1-10-2-4-11(5-3-10)8-17-14(18)12-6-7-13(15)16-9-12/h6-7,9-11H,2-5,8H2,1H3,(H,17,18). The van der Waals surface area contributed by atoms with Gasteiger partial charge in [0.2, 0.25) is 0 Å². The number of nitrogens with one attached hydrogen (secondary N) is 1. The van der Waals surface area contributed by atoms with Gasteiger partial charge < -0.3 is 5.32 Å². The smallest absolute Gasteiger partial charge is 0.252 e. The van der Waals surface area contributed by atoms with Gasteiger partial charge in [0.25, 0.3) is 5.91 Å². The first-order chi connectivity index (χ1) is 8.65. The fourth-order valence-corrected chi connectivity index (χ4v) is 2.62. The highest BCUT2D eigenvalue weighted by atomic mass is 79.9. The number of nitrogens with zero attached hydrogens (tertiary/aromatic N) is 1. The van der Waals surface area contributed by atoms with Crippen LogP contribution in [0.3, 0.4) is 0 Å². The SMILES string of the molecule is CC1CCC(CNC(=O)c2ccc(Br)nc2)CC1. The molecule has 0 saturated heterocycles. The summed E-state index contributed by atoms with van der Waals surface area (Å²) in [4.78, 5) is 16.0. The molecule has 0 bridgehead atoms. The summed E-state index contributed by atoms with van der Waals surface area (Å²) in [6.45, 7) is 3.10. The number of pyridine rings is 1. The van der Waals surface area contributed by atoms with Crippen LogP contribution in [-0.2, 0) is 0 Å². The van der Waals surface area contributed by atoms with E-state index in [-0.39, 0.29) is 5.91 Å². The van der Waals surface area contributed by atoms with Crippen molar-refractivity contribution in [2.45, 2.75) is 32.6 Å². The number of amides is 1. The number of hydrogen-bond donors (Lipinski definition) is 1. The van der Waals surface area contributed by atoms with Crippen LogP contribution in [0, 0.1) is 11.8 Å². The second-order valence-electron chi connectivity index (χ2n) is 5.21. The van der Waals surface area contributed by atoms with Gasteiger partial charge in [0, 0.05) is 12.7 Å². The molecule has 4 heteroatoms. The van der Waals surface area contributed by atoms with Crippen molar-refractivity contribution < 1.29 is 4.79 Å². The van der Waals surface area contributed by atoms with Gasteiger partial charge in [-0.05, 0) is 52.7 Å². The third-order valence-corrected chi connectivity index (χ3v) is 4.15. The molecule has 1 heterocycles. The number of halogens is 1. The maximum Gasteiger partial charge on any atom is 0.252 e. The van der Waals surface area contributed by atoms with E-state index in [9.17, 15) is 4.79 Å². The Kier molecular flexibility index (Phi) is 4.75.